The van der Waals surface area contributed by atoms with E-state index in [-0.39, 0.29) is 17.9 Å². The Bertz CT molecular complexity index is 1020. The van der Waals surface area contributed by atoms with Gasteiger partial charge in [-0.25, -0.2) is 9.55 Å². The van der Waals surface area contributed by atoms with Crippen molar-refractivity contribution in [3.8, 4) is 5.82 Å². The smallest absolute Gasteiger partial charge is 0.310 e. The molecule has 0 unspecified atom stereocenters. The highest BCUT2D eigenvalue weighted by molar-refractivity contribution is 6.31. The summed E-state index contributed by atoms with van der Waals surface area (Å²) in [5, 5.41) is 5.04. The van der Waals surface area contributed by atoms with Gasteiger partial charge in [0.05, 0.1) is 30.1 Å². The second-order valence-electron chi connectivity index (χ2n) is 5.56. The average molecular weight is 361 g/mol. The molecule has 0 radical (unpaired) electrons. The first-order chi connectivity index (χ1) is 11.9. The zero-order valence-electron chi connectivity index (χ0n) is 14.1. The molecule has 25 heavy (non-hydrogen) atoms. The molecule has 0 aliphatic heterocycles. The molecule has 0 aliphatic carbocycles. The van der Waals surface area contributed by atoms with Crippen LogP contribution in [0.4, 0.5) is 0 Å². The van der Waals surface area contributed by atoms with Crippen molar-refractivity contribution in [1.29, 1.82) is 0 Å². The third-order valence-corrected chi connectivity index (χ3v) is 4.07. The van der Waals surface area contributed by atoms with Crippen LogP contribution in [0, 0.1) is 6.92 Å². The summed E-state index contributed by atoms with van der Waals surface area (Å²) in [4.78, 5) is 29.4. The van der Waals surface area contributed by atoms with E-state index in [4.69, 9.17) is 16.3 Å². The molecule has 0 saturated heterocycles. The number of aryl methyl sites for hydroxylation is 2. The van der Waals surface area contributed by atoms with Crippen LogP contribution in [0.15, 0.2) is 29.2 Å². The number of rotatable bonds is 4. The molecule has 0 N–H and O–H groups in total. The van der Waals surface area contributed by atoms with E-state index in [1.54, 1.807) is 50.0 Å². The molecular formula is C17H17ClN4O3. The van der Waals surface area contributed by atoms with Crippen molar-refractivity contribution in [1.82, 2.24) is 19.3 Å². The van der Waals surface area contributed by atoms with E-state index < -0.39 is 0 Å². The molecule has 1 aromatic carbocycles. The fraction of sp³-hybridized carbons (Fsp3) is 0.294. The average Bonchev–Trinajstić information content (AvgIpc) is 2.90. The molecule has 2 aromatic heterocycles. The van der Waals surface area contributed by atoms with Gasteiger partial charge in [-0.05, 0) is 32.0 Å². The van der Waals surface area contributed by atoms with Gasteiger partial charge < -0.3 is 4.74 Å². The Balaban J connectivity index is 2.22. The Kier molecular flexibility index (Phi) is 4.59. The van der Waals surface area contributed by atoms with E-state index in [1.807, 2.05) is 0 Å². The Morgan fingerprint density at radius 3 is 2.84 bits per heavy atom. The zero-order valence-corrected chi connectivity index (χ0v) is 14.9. The molecule has 0 aliphatic rings. The number of esters is 1. The highest BCUT2D eigenvalue weighted by Crippen LogP contribution is 2.19. The molecular weight excluding hydrogens is 344 g/mol. The van der Waals surface area contributed by atoms with E-state index in [0.717, 1.165) is 0 Å². The Labute approximate surface area is 148 Å². The standard InChI is InChI=1S/C17H17ClN4O3/c1-4-25-15(23)7-11-9-19-21(3)16(11)22-10(2)20-14-6-5-12(18)8-13(14)17(22)24/h5-6,8-9H,4,7H2,1-3H3. The van der Waals surface area contributed by atoms with Gasteiger partial charge in [-0.15, -0.1) is 0 Å². The van der Waals surface area contributed by atoms with Gasteiger partial charge in [0, 0.05) is 17.6 Å². The fourth-order valence-corrected chi connectivity index (χ4v) is 2.95. The number of hydrogen-bond donors (Lipinski definition) is 0. The van der Waals surface area contributed by atoms with Crippen LogP contribution in [0.2, 0.25) is 5.02 Å². The third-order valence-electron chi connectivity index (χ3n) is 3.83. The Hall–Kier alpha value is -2.67. The maximum atomic E-state index is 13.0. The fourth-order valence-electron chi connectivity index (χ4n) is 2.78. The van der Waals surface area contributed by atoms with Gasteiger partial charge in [0.25, 0.3) is 5.56 Å². The predicted molar refractivity (Wildman–Crippen MR) is 94.2 cm³/mol. The largest absolute Gasteiger partial charge is 0.466 e. The molecule has 3 aromatic rings. The summed E-state index contributed by atoms with van der Waals surface area (Å²) in [5.74, 6) is 0.609. The molecule has 7 nitrogen and oxygen atoms in total. The minimum Gasteiger partial charge on any atom is -0.466 e. The SMILES string of the molecule is CCOC(=O)Cc1cnn(C)c1-n1c(C)nc2ccc(Cl)cc2c1=O. The summed E-state index contributed by atoms with van der Waals surface area (Å²) in [6, 6.07) is 4.99. The van der Waals surface area contributed by atoms with Crippen LogP contribution in [-0.2, 0) is 23.0 Å². The van der Waals surface area contributed by atoms with Crippen LogP contribution < -0.4 is 5.56 Å². The number of benzene rings is 1. The topological polar surface area (TPSA) is 79.0 Å². The van der Waals surface area contributed by atoms with Crippen molar-refractivity contribution in [3.63, 3.8) is 0 Å². The van der Waals surface area contributed by atoms with Crippen LogP contribution in [0.5, 0.6) is 0 Å². The normalized spacial score (nSPS) is 11.0. The highest BCUT2D eigenvalue weighted by atomic mass is 35.5. The number of halogens is 1. The van der Waals surface area contributed by atoms with Crippen LogP contribution >= 0.6 is 11.6 Å². The summed E-state index contributed by atoms with van der Waals surface area (Å²) in [6.07, 6.45) is 1.58. The summed E-state index contributed by atoms with van der Waals surface area (Å²) in [7, 11) is 1.71. The minimum atomic E-state index is -0.376. The number of ether oxygens (including phenoxy) is 1. The van der Waals surface area contributed by atoms with Crippen LogP contribution in [0.25, 0.3) is 16.7 Å². The van der Waals surface area contributed by atoms with Crippen molar-refractivity contribution in [2.45, 2.75) is 20.3 Å². The van der Waals surface area contributed by atoms with Crippen LogP contribution in [-0.4, -0.2) is 31.9 Å². The van der Waals surface area contributed by atoms with Crippen molar-refractivity contribution < 1.29 is 9.53 Å². The van der Waals surface area contributed by atoms with Gasteiger partial charge in [0.1, 0.15) is 11.6 Å². The lowest BCUT2D eigenvalue weighted by atomic mass is 10.2. The van der Waals surface area contributed by atoms with Gasteiger partial charge in [0.2, 0.25) is 0 Å². The van der Waals surface area contributed by atoms with Gasteiger partial charge in [0.15, 0.2) is 0 Å². The van der Waals surface area contributed by atoms with Gasteiger partial charge >= 0.3 is 5.97 Å². The van der Waals surface area contributed by atoms with Gasteiger partial charge in [-0.3, -0.25) is 14.3 Å². The Morgan fingerprint density at radius 2 is 2.12 bits per heavy atom. The summed E-state index contributed by atoms with van der Waals surface area (Å²) in [6.45, 7) is 3.77. The van der Waals surface area contributed by atoms with Crippen molar-refractivity contribution in [2.75, 3.05) is 6.61 Å². The summed E-state index contributed by atoms with van der Waals surface area (Å²) < 4.78 is 7.98. The van der Waals surface area contributed by atoms with Gasteiger partial charge in [-0.1, -0.05) is 11.6 Å². The molecule has 0 saturated carbocycles. The molecule has 130 valence electrons. The molecule has 3 rings (SSSR count). The first-order valence-corrected chi connectivity index (χ1v) is 8.16. The third kappa shape index (κ3) is 3.15. The Morgan fingerprint density at radius 1 is 1.36 bits per heavy atom. The zero-order chi connectivity index (χ0) is 18.1. The highest BCUT2D eigenvalue weighted by Gasteiger charge is 2.19. The van der Waals surface area contributed by atoms with Crippen LogP contribution in [0.3, 0.4) is 0 Å². The lowest BCUT2D eigenvalue weighted by molar-refractivity contribution is -0.142. The number of nitrogens with zero attached hydrogens (tertiary/aromatic N) is 4. The maximum Gasteiger partial charge on any atom is 0.310 e. The van der Waals surface area contributed by atoms with Crippen LogP contribution in [0.1, 0.15) is 18.3 Å². The molecule has 0 spiro atoms. The van der Waals surface area contributed by atoms with E-state index in [9.17, 15) is 9.59 Å². The number of carbonyl (C=O) groups is 1. The van der Waals surface area contributed by atoms with E-state index >= 15 is 0 Å². The number of hydrogen-bond acceptors (Lipinski definition) is 5. The van der Waals surface area contributed by atoms with E-state index in [0.29, 0.717) is 39.7 Å². The monoisotopic (exact) mass is 360 g/mol. The summed E-state index contributed by atoms with van der Waals surface area (Å²) in [5.41, 5.74) is 0.894. The number of fused-ring (bicyclic) bond motifs is 1. The minimum absolute atomic E-state index is 0.0243. The molecule has 0 fully saturated rings. The molecule has 8 heteroatoms. The van der Waals surface area contributed by atoms with Crippen molar-refractivity contribution in [2.24, 2.45) is 7.05 Å². The predicted octanol–water partition coefficient (Wildman–Crippen LogP) is 2.19. The number of carbonyl (C=O) groups excluding carboxylic acids is 1. The molecule has 2 heterocycles. The van der Waals surface area contributed by atoms with E-state index in [2.05, 4.69) is 10.1 Å². The molecule has 0 atom stereocenters. The lowest BCUT2D eigenvalue weighted by Crippen LogP contribution is -2.25. The quantitative estimate of drug-likeness (QED) is 0.666. The lowest BCUT2D eigenvalue weighted by Gasteiger charge is -2.13. The molecule has 0 bridgehead atoms. The maximum absolute atomic E-state index is 13.0. The first kappa shape index (κ1) is 17.2. The first-order valence-electron chi connectivity index (χ1n) is 7.78. The summed E-state index contributed by atoms with van der Waals surface area (Å²) >= 11 is 6.02. The second kappa shape index (κ2) is 6.68. The van der Waals surface area contributed by atoms with Crippen molar-refractivity contribution in [3.05, 3.63) is 51.2 Å². The second-order valence-corrected chi connectivity index (χ2v) is 6.00. The van der Waals surface area contributed by atoms with Crippen molar-refractivity contribution >= 4 is 28.5 Å². The van der Waals surface area contributed by atoms with E-state index in [1.165, 1.54) is 4.57 Å². The number of aromatic nitrogens is 4. The molecule has 0 amide bonds. The van der Waals surface area contributed by atoms with Gasteiger partial charge in [-0.2, -0.15) is 5.10 Å².